The number of amides is 5. The van der Waals surface area contributed by atoms with Crippen molar-refractivity contribution in [2.75, 3.05) is 38.0 Å². The van der Waals surface area contributed by atoms with Crippen LogP contribution in [0.4, 0.5) is 5.69 Å². The zero-order valence-corrected chi connectivity index (χ0v) is 33.3. The summed E-state index contributed by atoms with van der Waals surface area (Å²) in [6.45, 7) is 9.39. The highest BCUT2D eigenvalue weighted by atomic mass is 16.5. The van der Waals surface area contributed by atoms with Gasteiger partial charge < -0.3 is 35.4 Å². The van der Waals surface area contributed by atoms with Gasteiger partial charge in [-0.05, 0) is 60.6 Å². The number of carbonyl (C=O) groups is 5. The smallest absolute Gasteiger partial charge is 0.274 e. The zero-order chi connectivity index (χ0) is 42.0. The minimum absolute atomic E-state index is 0.0378. The van der Waals surface area contributed by atoms with E-state index in [1.807, 2.05) is 43.0 Å². The van der Waals surface area contributed by atoms with E-state index in [1.54, 1.807) is 31.2 Å². The number of carbonyl (C=O) groups excluding carboxylic acids is 5. The second kappa shape index (κ2) is 17.4. The Morgan fingerprint density at radius 2 is 1.73 bits per heavy atom. The van der Waals surface area contributed by atoms with Crippen molar-refractivity contribution in [3.8, 4) is 33.9 Å². The minimum Gasteiger partial charge on any atom is -0.508 e. The third-order valence-electron chi connectivity index (χ3n) is 11.2. The van der Waals surface area contributed by atoms with Crippen LogP contribution in [-0.4, -0.2) is 110 Å². The Bertz CT molecular complexity index is 2260. The molecule has 4 heterocycles. The van der Waals surface area contributed by atoms with Crippen molar-refractivity contribution in [3.05, 3.63) is 82.5 Å². The predicted octanol–water partition coefficient (Wildman–Crippen LogP) is 3.91. The number of fused-ring (bicyclic) bond motifs is 1. The summed E-state index contributed by atoms with van der Waals surface area (Å²) in [7, 11) is 0. The van der Waals surface area contributed by atoms with Crippen LogP contribution in [0.25, 0.3) is 22.5 Å². The van der Waals surface area contributed by atoms with Crippen LogP contribution in [0.5, 0.6) is 11.5 Å². The molecule has 5 amide bonds. The Morgan fingerprint density at radius 3 is 2.42 bits per heavy atom. The molecule has 16 nitrogen and oxygen atoms in total. The summed E-state index contributed by atoms with van der Waals surface area (Å²) >= 11 is 0. The summed E-state index contributed by atoms with van der Waals surface area (Å²) in [5.41, 5.74) is 4.63. The first-order valence-electron chi connectivity index (χ1n) is 20.0. The molecule has 3 aliphatic heterocycles. The monoisotopic (exact) mass is 807 g/mol. The lowest BCUT2D eigenvalue weighted by Crippen LogP contribution is -2.52. The van der Waals surface area contributed by atoms with Crippen LogP contribution in [0.1, 0.15) is 89.9 Å². The number of nitrogens with zero attached hydrogens (tertiary/aromatic N) is 4. The highest BCUT2D eigenvalue weighted by Gasteiger charge is 2.40. The van der Waals surface area contributed by atoms with E-state index in [0.717, 1.165) is 5.56 Å². The molecule has 2 saturated heterocycles. The molecule has 0 spiro atoms. The van der Waals surface area contributed by atoms with E-state index in [2.05, 4.69) is 26.0 Å². The van der Waals surface area contributed by atoms with Crippen molar-refractivity contribution < 1.29 is 43.8 Å². The fourth-order valence-corrected chi connectivity index (χ4v) is 7.99. The number of aromatic hydroxyl groups is 2. The average molecular weight is 808 g/mol. The van der Waals surface area contributed by atoms with Gasteiger partial charge in [0.25, 0.3) is 11.8 Å². The molecule has 3 aliphatic rings. The number of imide groups is 1. The molecular weight excluding hydrogens is 759 g/mol. The molecule has 16 heteroatoms. The fourth-order valence-electron chi connectivity index (χ4n) is 7.99. The van der Waals surface area contributed by atoms with Gasteiger partial charge in [-0.3, -0.25) is 39.1 Å². The van der Waals surface area contributed by atoms with Gasteiger partial charge in [0, 0.05) is 81.5 Å². The molecule has 0 saturated carbocycles. The lowest BCUT2D eigenvalue weighted by Gasteiger charge is -2.37. The van der Waals surface area contributed by atoms with Gasteiger partial charge in [0.2, 0.25) is 17.7 Å². The van der Waals surface area contributed by atoms with E-state index in [1.165, 1.54) is 11.0 Å². The number of aromatic nitrogens is 1. The molecule has 2 atom stereocenters. The van der Waals surface area contributed by atoms with E-state index >= 15 is 0 Å². The van der Waals surface area contributed by atoms with E-state index in [-0.39, 0.29) is 78.8 Å². The number of phenolic OH excluding ortho intramolecular Hbond substituents is 2. The molecule has 2 fully saturated rings. The highest BCUT2D eigenvalue weighted by molar-refractivity contribution is 6.07. The van der Waals surface area contributed by atoms with Crippen LogP contribution in [0.15, 0.2) is 59.1 Å². The summed E-state index contributed by atoms with van der Waals surface area (Å²) in [4.78, 5) is 69.0. The minimum atomic E-state index is -0.824. The number of piperazine rings is 1. The van der Waals surface area contributed by atoms with Gasteiger partial charge >= 0.3 is 0 Å². The maximum absolute atomic E-state index is 13.2. The first kappa shape index (κ1) is 41.1. The Hall–Kier alpha value is -6.10. The SMILES string of the molecule is CCNC(=O)c1noc(-c2cc(C(C)C)c(O)cc2O)c1-c1ccc(CN2CCN(C(O)CCC(=O)Nc3cccc4c3CN(C3CCC(=O)NC3=O)C4=O)CC2)cc1. The number of piperidine rings is 1. The van der Waals surface area contributed by atoms with Gasteiger partial charge in [-0.15, -0.1) is 0 Å². The third-order valence-corrected chi connectivity index (χ3v) is 11.2. The van der Waals surface area contributed by atoms with Crippen molar-refractivity contribution >= 4 is 35.2 Å². The Labute approximate surface area is 341 Å². The molecule has 59 heavy (non-hydrogen) atoms. The number of hydrogen-bond acceptors (Lipinski definition) is 12. The van der Waals surface area contributed by atoms with Gasteiger partial charge in [0.05, 0.1) is 11.1 Å². The number of hydrogen-bond donors (Lipinski definition) is 6. The Morgan fingerprint density at radius 1 is 0.983 bits per heavy atom. The first-order chi connectivity index (χ1) is 28.3. The number of phenols is 2. The van der Waals surface area contributed by atoms with Crippen LogP contribution in [0.3, 0.4) is 0 Å². The molecular formula is C43H49N7O9. The number of rotatable bonds is 13. The normalized spacial score (nSPS) is 17.9. The second-order valence-corrected chi connectivity index (χ2v) is 15.5. The number of anilines is 1. The molecule has 0 aliphatic carbocycles. The topological polar surface area (TPSA) is 218 Å². The predicted molar refractivity (Wildman–Crippen MR) is 216 cm³/mol. The van der Waals surface area contributed by atoms with Crippen molar-refractivity contribution in [1.29, 1.82) is 0 Å². The van der Waals surface area contributed by atoms with E-state index in [0.29, 0.717) is 78.3 Å². The van der Waals surface area contributed by atoms with Crippen molar-refractivity contribution in [3.63, 3.8) is 0 Å². The van der Waals surface area contributed by atoms with Gasteiger partial charge in [0.1, 0.15) is 23.8 Å². The van der Waals surface area contributed by atoms with E-state index in [9.17, 15) is 39.3 Å². The van der Waals surface area contributed by atoms with Crippen LogP contribution in [-0.2, 0) is 27.5 Å². The summed E-state index contributed by atoms with van der Waals surface area (Å²) in [6.07, 6.45) is -0.153. The molecule has 0 bridgehead atoms. The third kappa shape index (κ3) is 8.70. The maximum Gasteiger partial charge on any atom is 0.274 e. The molecule has 310 valence electrons. The standard InChI is InChI=1S/C43H49N7O9/c1-4-44-42(57)39-38(40(59-47-39)29-20-28(24(2)3)33(51)21-34(29)52)26-10-8-25(9-11-26)22-48-16-18-49(19-17-48)37(55)15-14-35(53)45-31-7-5-6-27-30(31)23-50(43(27)58)32-12-13-36(54)46-41(32)56/h5-11,20-21,24,32,37,51-52,55H,4,12-19,22-23H2,1-3H3,(H,44,57)(H,45,53)(H,46,54,56). The number of benzene rings is 3. The van der Waals surface area contributed by atoms with Crippen LogP contribution >= 0.6 is 0 Å². The summed E-state index contributed by atoms with van der Waals surface area (Å²) in [5.74, 6) is -1.97. The van der Waals surface area contributed by atoms with Gasteiger partial charge in [-0.25, -0.2) is 0 Å². The van der Waals surface area contributed by atoms with Gasteiger partial charge in [0.15, 0.2) is 11.5 Å². The Kier molecular flexibility index (Phi) is 12.1. The lowest BCUT2D eigenvalue weighted by molar-refractivity contribution is -0.137. The van der Waals surface area contributed by atoms with Crippen LogP contribution < -0.4 is 16.0 Å². The van der Waals surface area contributed by atoms with Crippen LogP contribution in [0.2, 0.25) is 0 Å². The van der Waals surface area contributed by atoms with E-state index < -0.39 is 24.1 Å². The molecule has 2 unspecified atom stereocenters. The molecule has 3 aromatic carbocycles. The van der Waals surface area contributed by atoms with Crippen LogP contribution in [0, 0.1) is 0 Å². The van der Waals surface area contributed by atoms with Gasteiger partial charge in [-0.2, -0.15) is 0 Å². The Balaban J connectivity index is 0.931. The molecule has 4 aromatic rings. The zero-order valence-electron chi connectivity index (χ0n) is 33.3. The molecule has 1 aromatic heterocycles. The van der Waals surface area contributed by atoms with Crippen molar-refractivity contribution in [2.45, 2.75) is 77.7 Å². The quantitative estimate of drug-likeness (QED) is 0.106. The molecule has 6 N–H and O–H groups in total. The molecule has 0 radical (unpaired) electrons. The summed E-state index contributed by atoms with van der Waals surface area (Å²) in [5, 5.41) is 44.3. The second-order valence-electron chi connectivity index (χ2n) is 15.5. The number of nitrogens with one attached hydrogen (secondary N) is 3. The average Bonchev–Trinajstić information content (AvgIpc) is 3.79. The van der Waals surface area contributed by atoms with E-state index in [4.69, 9.17) is 4.52 Å². The van der Waals surface area contributed by atoms with Crippen molar-refractivity contribution in [2.24, 2.45) is 0 Å². The number of aliphatic hydroxyl groups is 1. The summed E-state index contributed by atoms with van der Waals surface area (Å²) in [6, 6.07) is 14.9. The largest absolute Gasteiger partial charge is 0.508 e. The number of aliphatic hydroxyl groups excluding tert-OH is 1. The molecule has 7 rings (SSSR count). The van der Waals surface area contributed by atoms with Gasteiger partial charge in [-0.1, -0.05) is 49.3 Å². The fraction of sp³-hybridized carbons (Fsp3) is 0.395. The lowest BCUT2D eigenvalue weighted by atomic mass is 9.94. The first-order valence-corrected chi connectivity index (χ1v) is 20.0. The highest BCUT2D eigenvalue weighted by Crippen LogP contribution is 2.43. The maximum atomic E-state index is 13.2. The summed E-state index contributed by atoms with van der Waals surface area (Å²) < 4.78 is 5.70. The van der Waals surface area contributed by atoms with Crippen molar-refractivity contribution in [1.82, 2.24) is 30.5 Å².